The van der Waals surface area contributed by atoms with Crippen LogP contribution in [0.4, 0.5) is 0 Å². The van der Waals surface area contributed by atoms with Crippen molar-refractivity contribution in [2.45, 2.75) is 46.5 Å². The molecule has 94 valence electrons. The third kappa shape index (κ3) is 3.58. The zero-order valence-corrected chi connectivity index (χ0v) is 11.0. The zero-order valence-electron chi connectivity index (χ0n) is 11.0. The van der Waals surface area contributed by atoms with Crippen LogP contribution in [0.5, 0.6) is 5.75 Å². The Kier molecular flexibility index (Phi) is 5.20. The van der Waals surface area contributed by atoms with E-state index in [-0.39, 0.29) is 17.5 Å². The van der Waals surface area contributed by atoms with E-state index >= 15 is 0 Å². The standard InChI is InChI=1S/C15H22O2/c1-4-6-12(7-5-2)15(17)14-9-8-13(16)10-11(14)3/h8-10,12,16H,4-7H2,1-3H3. The highest BCUT2D eigenvalue weighted by Gasteiger charge is 2.19. The maximum absolute atomic E-state index is 12.4. The minimum atomic E-state index is 0.133. The van der Waals surface area contributed by atoms with E-state index in [9.17, 15) is 9.90 Å². The van der Waals surface area contributed by atoms with Gasteiger partial charge in [-0.05, 0) is 43.5 Å². The van der Waals surface area contributed by atoms with E-state index in [0.717, 1.165) is 36.8 Å². The molecule has 0 saturated heterocycles. The number of phenols is 1. The van der Waals surface area contributed by atoms with E-state index in [1.807, 2.05) is 6.92 Å². The smallest absolute Gasteiger partial charge is 0.166 e. The average Bonchev–Trinajstić information content (AvgIpc) is 2.28. The number of rotatable bonds is 6. The second kappa shape index (κ2) is 6.43. The third-order valence-corrected chi connectivity index (χ3v) is 3.12. The molecule has 0 heterocycles. The molecule has 2 heteroatoms. The van der Waals surface area contributed by atoms with Crippen LogP contribution in [0.15, 0.2) is 18.2 Å². The minimum Gasteiger partial charge on any atom is -0.508 e. The molecule has 0 spiro atoms. The number of aromatic hydroxyl groups is 1. The summed E-state index contributed by atoms with van der Waals surface area (Å²) in [4.78, 5) is 12.4. The van der Waals surface area contributed by atoms with Crippen LogP contribution < -0.4 is 0 Å². The number of hydrogen-bond acceptors (Lipinski definition) is 2. The van der Waals surface area contributed by atoms with Crippen LogP contribution >= 0.6 is 0 Å². The van der Waals surface area contributed by atoms with Crippen molar-refractivity contribution in [2.75, 3.05) is 0 Å². The van der Waals surface area contributed by atoms with E-state index in [1.165, 1.54) is 0 Å². The molecule has 0 saturated carbocycles. The molecule has 1 aromatic carbocycles. The Morgan fingerprint density at radius 1 is 1.24 bits per heavy atom. The molecule has 0 aliphatic heterocycles. The van der Waals surface area contributed by atoms with Gasteiger partial charge in [-0.3, -0.25) is 4.79 Å². The van der Waals surface area contributed by atoms with Crippen molar-refractivity contribution >= 4 is 5.78 Å². The van der Waals surface area contributed by atoms with Gasteiger partial charge in [0.25, 0.3) is 0 Å². The summed E-state index contributed by atoms with van der Waals surface area (Å²) in [7, 11) is 0. The van der Waals surface area contributed by atoms with Crippen molar-refractivity contribution in [3.05, 3.63) is 29.3 Å². The van der Waals surface area contributed by atoms with E-state index in [2.05, 4.69) is 13.8 Å². The molecule has 0 aliphatic carbocycles. The molecule has 1 rings (SSSR count). The molecule has 17 heavy (non-hydrogen) atoms. The fraction of sp³-hybridized carbons (Fsp3) is 0.533. The normalized spacial score (nSPS) is 10.8. The SMILES string of the molecule is CCCC(CCC)C(=O)c1ccc(O)cc1C. The van der Waals surface area contributed by atoms with Crippen LogP contribution in [0.2, 0.25) is 0 Å². The lowest BCUT2D eigenvalue weighted by atomic mass is 9.88. The van der Waals surface area contributed by atoms with Gasteiger partial charge in [-0.2, -0.15) is 0 Å². The number of phenolic OH excluding ortho intramolecular Hbond substituents is 1. The van der Waals surface area contributed by atoms with Crippen LogP contribution in [0.1, 0.15) is 55.5 Å². The number of Topliss-reactive ketones (excluding diaryl/α,β-unsaturated/α-hetero) is 1. The first kappa shape index (κ1) is 13.8. The fourth-order valence-corrected chi connectivity index (χ4v) is 2.25. The predicted molar refractivity (Wildman–Crippen MR) is 70.5 cm³/mol. The molecule has 0 atom stereocenters. The van der Waals surface area contributed by atoms with Crippen molar-refractivity contribution in [1.29, 1.82) is 0 Å². The summed E-state index contributed by atoms with van der Waals surface area (Å²) in [6, 6.07) is 4.99. The fourth-order valence-electron chi connectivity index (χ4n) is 2.25. The maximum atomic E-state index is 12.4. The Labute approximate surface area is 104 Å². The molecular weight excluding hydrogens is 212 g/mol. The largest absolute Gasteiger partial charge is 0.508 e. The van der Waals surface area contributed by atoms with Gasteiger partial charge in [-0.15, -0.1) is 0 Å². The van der Waals surface area contributed by atoms with Crippen molar-refractivity contribution in [2.24, 2.45) is 5.92 Å². The van der Waals surface area contributed by atoms with Gasteiger partial charge >= 0.3 is 0 Å². The quantitative estimate of drug-likeness (QED) is 0.752. The van der Waals surface area contributed by atoms with Gasteiger partial charge in [0, 0.05) is 11.5 Å². The lowest BCUT2D eigenvalue weighted by molar-refractivity contribution is 0.0904. The van der Waals surface area contributed by atoms with Gasteiger partial charge in [-0.1, -0.05) is 26.7 Å². The molecule has 0 amide bonds. The summed E-state index contributed by atoms with van der Waals surface area (Å²) in [6.07, 6.45) is 3.97. The highest BCUT2D eigenvalue weighted by molar-refractivity contribution is 5.99. The van der Waals surface area contributed by atoms with Crippen LogP contribution in [0.3, 0.4) is 0 Å². The highest BCUT2D eigenvalue weighted by atomic mass is 16.3. The van der Waals surface area contributed by atoms with Crippen LogP contribution in [0, 0.1) is 12.8 Å². The van der Waals surface area contributed by atoms with Crippen molar-refractivity contribution in [1.82, 2.24) is 0 Å². The maximum Gasteiger partial charge on any atom is 0.166 e. The number of hydrogen-bond donors (Lipinski definition) is 1. The number of carbonyl (C=O) groups is 1. The summed E-state index contributed by atoms with van der Waals surface area (Å²) < 4.78 is 0. The predicted octanol–water partition coefficient (Wildman–Crippen LogP) is 4.10. The lowest BCUT2D eigenvalue weighted by Gasteiger charge is -2.15. The Morgan fingerprint density at radius 3 is 2.29 bits per heavy atom. The van der Waals surface area contributed by atoms with Crippen molar-refractivity contribution in [3.8, 4) is 5.75 Å². The van der Waals surface area contributed by atoms with Crippen LogP contribution in [0.25, 0.3) is 0 Å². The first-order valence-electron chi connectivity index (χ1n) is 6.44. The molecule has 0 unspecified atom stereocenters. The molecule has 1 aromatic rings. The Morgan fingerprint density at radius 2 is 1.82 bits per heavy atom. The van der Waals surface area contributed by atoms with Crippen molar-refractivity contribution in [3.63, 3.8) is 0 Å². The molecule has 0 aromatic heterocycles. The first-order valence-corrected chi connectivity index (χ1v) is 6.44. The number of aryl methyl sites for hydroxylation is 1. The molecule has 0 radical (unpaired) electrons. The molecule has 0 bridgehead atoms. The first-order chi connectivity index (χ1) is 8.10. The Hall–Kier alpha value is -1.31. The average molecular weight is 234 g/mol. The summed E-state index contributed by atoms with van der Waals surface area (Å²) in [5.74, 6) is 0.584. The lowest BCUT2D eigenvalue weighted by Crippen LogP contribution is -2.15. The van der Waals surface area contributed by atoms with Gasteiger partial charge in [0.1, 0.15) is 5.75 Å². The van der Waals surface area contributed by atoms with Crippen LogP contribution in [-0.4, -0.2) is 10.9 Å². The zero-order chi connectivity index (χ0) is 12.8. The van der Waals surface area contributed by atoms with Crippen molar-refractivity contribution < 1.29 is 9.90 Å². The number of carbonyl (C=O) groups excluding carboxylic acids is 1. The van der Waals surface area contributed by atoms with E-state index in [4.69, 9.17) is 0 Å². The van der Waals surface area contributed by atoms with E-state index < -0.39 is 0 Å². The minimum absolute atomic E-state index is 0.133. The van der Waals surface area contributed by atoms with Gasteiger partial charge in [0.05, 0.1) is 0 Å². The topological polar surface area (TPSA) is 37.3 Å². The Balaban J connectivity index is 2.92. The molecular formula is C15H22O2. The summed E-state index contributed by atoms with van der Waals surface area (Å²) in [5.41, 5.74) is 1.63. The molecule has 0 fully saturated rings. The molecule has 0 aliphatic rings. The van der Waals surface area contributed by atoms with Gasteiger partial charge < -0.3 is 5.11 Å². The second-order valence-corrected chi connectivity index (χ2v) is 4.64. The summed E-state index contributed by atoms with van der Waals surface area (Å²) >= 11 is 0. The third-order valence-electron chi connectivity index (χ3n) is 3.12. The summed E-state index contributed by atoms with van der Waals surface area (Å²) in [5, 5.41) is 9.35. The molecule has 2 nitrogen and oxygen atoms in total. The molecule has 1 N–H and O–H groups in total. The highest BCUT2D eigenvalue weighted by Crippen LogP contribution is 2.23. The monoisotopic (exact) mass is 234 g/mol. The number of ketones is 1. The van der Waals surface area contributed by atoms with Crippen LogP contribution in [-0.2, 0) is 0 Å². The Bertz CT molecular complexity index is 377. The number of benzene rings is 1. The second-order valence-electron chi connectivity index (χ2n) is 4.64. The van der Waals surface area contributed by atoms with Gasteiger partial charge in [0.2, 0.25) is 0 Å². The van der Waals surface area contributed by atoms with Gasteiger partial charge in [0.15, 0.2) is 5.78 Å². The summed E-state index contributed by atoms with van der Waals surface area (Å²) in [6.45, 7) is 6.10. The van der Waals surface area contributed by atoms with E-state index in [1.54, 1.807) is 18.2 Å². The van der Waals surface area contributed by atoms with Gasteiger partial charge in [-0.25, -0.2) is 0 Å². The van der Waals surface area contributed by atoms with E-state index in [0.29, 0.717) is 0 Å².